The van der Waals surface area contributed by atoms with Crippen LogP contribution in [0.4, 0.5) is 0 Å². The molecule has 0 rings (SSSR count). The molecule has 0 unspecified atom stereocenters. The van der Waals surface area contributed by atoms with Crippen molar-refractivity contribution in [3.05, 3.63) is 0 Å². The molecule has 0 aromatic heterocycles. The molecule has 0 saturated heterocycles. The maximum absolute atomic E-state index is 11.7. The Morgan fingerprint density at radius 2 is 0.765 bits per heavy atom. The first-order chi connectivity index (χ1) is 16.3. The van der Waals surface area contributed by atoms with E-state index in [9.17, 15) is 19.2 Å². The van der Waals surface area contributed by atoms with Gasteiger partial charge in [-0.3, -0.25) is 9.59 Å². The van der Waals surface area contributed by atoms with Gasteiger partial charge in [0.25, 0.3) is 0 Å². The summed E-state index contributed by atoms with van der Waals surface area (Å²) in [7, 11) is 0. The molecular weight excluding hydrogens is 428 g/mol. The van der Waals surface area contributed by atoms with Gasteiger partial charge in [0.1, 0.15) is 11.6 Å². The van der Waals surface area contributed by atoms with Crippen LogP contribution in [0.15, 0.2) is 0 Å². The molecule has 0 fully saturated rings. The van der Waals surface area contributed by atoms with E-state index in [0.29, 0.717) is 51.6 Å². The number of unbranched alkanes of at least 4 members (excludes halogenated alkanes) is 6. The molecule has 6 nitrogen and oxygen atoms in total. The molecule has 0 aromatic carbocycles. The first kappa shape index (κ1) is 39.5. The fraction of sp³-hybridized carbons (Fsp3) is 0.857. The third-order valence-electron chi connectivity index (χ3n) is 4.61. The lowest BCUT2D eigenvalue weighted by Crippen LogP contribution is -2.25. The molecule has 2 N–H and O–H groups in total. The molecule has 0 spiro atoms. The lowest BCUT2D eigenvalue weighted by Gasteiger charge is -2.06. The summed E-state index contributed by atoms with van der Waals surface area (Å²) in [6, 6.07) is 0. The van der Waals surface area contributed by atoms with Crippen LogP contribution in [-0.4, -0.2) is 36.5 Å². The van der Waals surface area contributed by atoms with E-state index in [1.165, 1.54) is 12.8 Å². The second kappa shape index (κ2) is 35.9. The van der Waals surface area contributed by atoms with Crippen molar-refractivity contribution in [1.29, 1.82) is 0 Å². The van der Waals surface area contributed by atoms with Gasteiger partial charge in [0.05, 0.1) is 0 Å². The van der Waals surface area contributed by atoms with E-state index in [1.54, 1.807) is 13.8 Å². The van der Waals surface area contributed by atoms with E-state index in [-0.39, 0.29) is 23.4 Å². The highest BCUT2D eigenvalue weighted by atomic mass is 16.2. The van der Waals surface area contributed by atoms with Crippen LogP contribution in [0.2, 0.25) is 0 Å². The maximum Gasteiger partial charge on any atom is 0.219 e. The van der Waals surface area contributed by atoms with Gasteiger partial charge in [0.2, 0.25) is 11.8 Å². The molecule has 0 heterocycles. The van der Waals surface area contributed by atoms with Crippen LogP contribution < -0.4 is 10.6 Å². The number of hydrogen-bond acceptors (Lipinski definition) is 4. The molecule has 0 saturated carbocycles. The van der Waals surface area contributed by atoms with Gasteiger partial charge in [-0.1, -0.05) is 67.2 Å². The van der Waals surface area contributed by atoms with Gasteiger partial charge in [0.15, 0.2) is 0 Å². The summed E-state index contributed by atoms with van der Waals surface area (Å²) >= 11 is 0. The van der Waals surface area contributed by atoms with Crippen molar-refractivity contribution >= 4 is 23.4 Å². The van der Waals surface area contributed by atoms with E-state index in [4.69, 9.17) is 0 Å². The fourth-order valence-corrected chi connectivity index (χ4v) is 2.55. The van der Waals surface area contributed by atoms with Crippen LogP contribution in [0.25, 0.3) is 0 Å². The summed E-state index contributed by atoms with van der Waals surface area (Å²) in [6.07, 6.45) is 11.7. The Labute approximate surface area is 211 Å². The van der Waals surface area contributed by atoms with E-state index in [1.807, 2.05) is 27.7 Å². The van der Waals surface area contributed by atoms with Gasteiger partial charge in [-0.15, -0.1) is 0 Å². The van der Waals surface area contributed by atoms with Crippen molar-refractivity contribution in [2.75, 3.05) is 13.1 Å². The first-order valence-electron chi connectivity index (χ1n) is 13.9. The number of Topliss-reactive ketones (excluding diaryl/α,β-unsaturated/α-hetero) is 2. The zero-order valence-corrected chi connectivity index (χ0v) is 23.9. The Morgan fingerprint density at radius 3 is 1.03 bits per heavy atom. The molecule has 0 atom stereocenters. The summed E-state index contributed by atoms with van der Waals surface area (Å²) in [4.78, 5) is 44.9. The van der Waals surface area contributed by atoms with Crippen molar-refractivity contribution in [1.82, 2.24) is 10.6 Å². The van der Waals surface area contributed by atoms with Gasteiger partial charge in [-0.25, -0.2) is 0 Å². The average Bonchev–Trinajstić information content (AvgIpc) is 2.83. The topological polar surface area (TPSA) is 92.3 Å². The van der Waals surface area contributed by atoms with Crippen molar-refractivity contribution in [3.63, 3.8) is 0 Å². The zero-order valence-electron chi connectivity index (χ0n) is 23.9. The average molecular weight is 487 g/mol. The molecule has 0 radical (unpaired) electrons. The Hall–Kier alpha value is -1.72. The second-order valence-corrected chi connectivity index (χ2v) is 7.93. The van der Waals surface area contributed by atoms with E-state index in [2.05, 4.69) is 24.5 Å². The smallest absolute Gasteiger partial charge is 0.219 e. The Kier molecular flexibility index (Phi) is 41.7. The molecule has 204 valence electrons. The van der Waals surface area contributed by atoms with Gasteiger partial charge in [0, 0.05) is 38.8 Å². The molecule has 0 aliphatic carbocycles. The van der Waals surface area contributed by atoms with Crippen molar-refractivity contribution < 1.29 is 19.2 Å². The predicted octanol–water partition coefficient (Wildman–Crippen LogP) is 6.94. The Balaban J connectivity index is -0.000000493. The van der Waals surface area contributed by atoms with Gasteiger partial charge >= 0.3 is 0 Å². The molecule has 0 bridgehead atoms. The minimum Gasteiger partial charge on any atom is -0.356 e. The summed E-state index contributed by atoms with van der Waals surface area (Å²) < 4.78 is 0. The highest BCUT2D eigenvalue weighted by Crippen LogP contribution is 2.03. The van der Waals surface area contributed by atoms with Crippen LogP contribution >= 0.6 is 0 Å². The number of carbonyl (C=O) groups is 4. The first-order valence-corrected chi connectivity index (χ1v) is 13.9. The third kappa shape index (κ3) is 44.0. The van der Waals surface area contributed by atoms with Crippen molar-refractivity contribution in [3.8, 4) is 0 Å². The molecular formula is C28H58N2O4. The number of ketones is 2. The monoisotopic (exact) mass is 486 g/mol. The quantitative estimate of drug-likeness (QED) is 0.205. The zero-order chi connectivity index (χ0) is 27.0. The van der Waals surface area contributed by atoms with Crippen LogP contribution in [0.1, 0.15) is 145 Å². The molecule has 0 aliphatic heterocycles. The molecule has 0 aliphatic rings. The number of hydrogen-bond donors (Lipinski definition) is 2. The van der Waals surface area contributed by atoms with Crippen molar-refractivity contribution in [2.24, 2.45) is 0 Å². The molecule has 0 aromatic rings. The highest BCUT2D eigenvalue weighted by molar-refractivity contribution is 5.77. The van der Waals surface area contributed by atoms with Crippen LogP contribution in [0, 0.1) is 0 Å². The number of rotatable bonds is 18. The fourth-order valence-electron chi connectivity index (χ4n) is 2.55. The Bertz CT molecular complexity index is 423. The largest absolute Gasteiger partial charge is 0.356 e. The Morgan fingerprint density at radius 1 is 0.471 bits per heavy atom. The van der Waals surface area contributed by atoms with Gasteiger partial charge in [-0.2, -0.15) is 0 Å². The molecule has 34 heavy (non-hydrogen) atoms. The van der Waals surface area contributed by atoms with E-state index < -0.39 is 0 Å². The minimum absolute atomic E-state index is 0.0300. The second-order valence-electron chi connectivity index (χ2n) is 7.93. The number of nitrogens with one attached hydrogen (secondary N) is 2. The van der Waals surface area contributed by atoms with E-state index in [0.717, 1.165) is 38.5 Å². The van der Waals surface area contributed by atoms with Gasteiger partial charge in [-0.05, 0) is 52.4 Å². The number of carbonyl (C=O) groups excluding carboxylic acids is 4. The number of amides is 2. The minimum atomic E-state index is 0.0300. The normalized spacial score (nSPS) is 9.18. The summed E-state index contributed by atoms with van der Waals surface area (Å²) in [5, 5.41) is 5.74. The van der Waals surface area contributed by atoms with Crippen LogP contribution in [-0.2, 0) is 19.2 Å². The lowest BCUT2D eigenvalue weighted by atomic mass is 10.1. The van der Waals surface area contributed by atoms with Crippen LogP contribution in [0.5, 0.6) is 0 Å². The molecule has 6 heteroatoms. The van der Waals surface area contributed by atoms with Crippen molar-refractivity contribution in [2.45, 2.75) is 145 Å². The summed E-state index contributed by atoms with van der Waals surface area (Å²) in [5.41, 5.74) is 0. The molecule has 2 amide bonds. The lowest BCUT2D eigenvalue weighted by molar-refractivity contribution is -0.123. The van der Waals surface area contributed by atoms with E-state index >= 15 is 0 Å². The third-order valence-corrected chi connectivity index (χ3v) is 4.61. The highest BCUT2D eigenvalue weighted by Gasteiger charge is 2.04. The maximum atomic E-state index is 11.7. The summed E-state index contributed by atoms with van der Waals surface area (Å²) in [5.74, 6) is 0.488. The standard InChI is InChI=1S/C20H36N2O4.C4H10.2C2H6/c1-17(23)11-5-3-9-15-21-19(25)13-7-8-14-20(26)22-16-10-4-6-12-18(2)24;1-3-4-2;2*1-2/h3-16H2,1-2H3,(H,21,25)(H,22,26);3-4H2,1-2H3;2*1-2H3. The summed E-state index contributed by atoms with van der Waals surface area (Å²) in [6.45, 7) is 16.9. The predicted molar refractivity (Wildman–Crippen MR) is 146 cm³/mol. The SMILES string of the molecule is CC.CC.CC(=O)CCCCCNC(=O)CCCCC(=O)NCCCCCC(C)=O.CCCC. The van der Waals surface area contributed by atoms with Gasteiger partial charge < -0.3 is 20.2 Å². The van der Waals surface area contributed by atoms with Crippen LogP contribution in [0.3, 0.4) is 0 Å².